The lowest BCUT2D eigenvalue weighted by Gasteiger charge is -2.07. The Morgan fingerprint density at radius 3 is 2.35 bits per heavy atom. The molecule has 0 aliphatic carbocycles. The molecule has 0 spiro atoms. The first kappa shape index (κ1) is 21.0. The third-order valence-corrected chi connectivity index (χ3v) is 7.48. The minimum atomic E-state index is -3.37. The van der Waals surface area contributed by atoms with Gasteiger partial charge in [0.1, 0.15) is 4.88 Å². The molecular formula is C23H20N2O4S2. The van der Waals surface area contributed by atoms with Gasteiger partial charge < -0.3 is 9.73 Å². The smallest absolute Gasteiger partial charge is 0.263 e. The molecule has 31 heavy (non-hydrogen) atoms. The summed E-state index contributed by atoms with van der Waals surface area (Å²) >= 11 is 1.25. The molecule has 0 radical (unpaired) electrons. The molecule has 0 atom stereocenters. The fourth-order valence-electron chi connectivity index (χ4n) is 3.06. The number of amides is 1. The van der Waals surface area contributed by atoms with E-state index in [1.54, 1.807) is 48.7 Å². The molecule has 0 bridgehead atoms. The highest BCUT2D eigenvalue weighted by Gasteiger charge is 2.21. The Balaban J connectivity index is 1.47. The molecule has 6 nitrogen and oxygen atoms in total. The monoisotopic (exact) mass is 452 g/mol. The Labute approximate surface area is 184 Å². The fraction of sp³-hybridized carbons (Fsp3) is 0.130. The molecule has 0 saturated carbocycles. The first-order chi connectivity index (χ1) is 15.0. The van der Waals surface area contributed by atoms with Crippen LogP contribution in [0.25, 0.3) is 22.0 Å². The number of benzene rings is 2. The van der Waals surface area contributed by atoms with Crippen molar-refractivity contribution in [1.29, 1.82) is 0 Å². The van der Waals surface area contributed by atoms with E-state index in [1.807, 2.05) is 30.3 Å². The Hall–Kier alpha value is -3.23. The van der Waals surface area contributed by atoms with Gasteiger partial charge in [0.15, 0.2) is 20.6 Å². The van der Waals surface area contributed by atoms with Crippen molar-refractivity contribution in [2.45, 2.75) is 11.3 Å². The number of furan rings is 1. The molecule has 2 aromatic heterocycles. The lowest BCUT2D eigenvalue weighted by atomic mass is 10.1. The van der Waals surface area contributed by atoms with E-state index in [9.17, 15) is 13.2 Å². The fourth-order valence-corrected chi connectivity index (χ4v) is 5.37. The van der Waals surface area contributed by atoms with Crippen molar-refractivity contribution in [2.24, 2.45) is 0 Å². The van der Waals surface area contributed by atoms with Crippen molar-refractivity contribution < 1.29 is 17.6 Å². The number of hydrogen-bond acceptors (Lipinski definition) is 6. The summed E-state index contributed by atoms with van der Waals surface area (Å²) in [5.41, 5.74) is 1.40. The molecule has 0 aliphatic heterocycles. The van der Waals surface area contributed by atoms with Gasteiger partial charge in [0, 0.05) is 12.1 Å². The van der Waals surface area contributed by atoms with Crippen LogP contribution in [0.3, 0.4) is 0 Å². The molecule has 1 amide bonds. The van der Waals surface area contributed by atoms with Gasteiger partial charge in [0.2, 0.25) is 0 Å². The summed E-state index contributed by atoms with van der Waals surface area (Å²) in [5, 5.41) is 3.44. The van der Waals surface area contributed by atoms with Gasteiger partial charge in [0.05, 0.1) is 22.6 Å². The Morgan fingerprint density at radius 1 is 0.968 bits per heavy atom. The molecule has 158 valence electrons. The number of carbonyl (C=O) groups excluding carboxylic acids is 1. The maximum atomic E-state index is 12.9. The van der Waals surface area contributed by atoms with Crippen LogP contribution in [-0.2, 0) is 9.84 Å². The van der Waals surface area contributed by atoms with Crippen molar-refractivity contribution in [3.05, 3.63) is 83.9 Å². The Bertz CT molecular complexity index is 1250. The quantitative estimate of drug-likeness (QED) is 0.393. The van der Waals surface area contributed by atoms with E-state index in [2.05, 4.69) is 10.3 Å². The van der Waals surface area contributed by atoms with Gasteiger partial charge in [-0.3, -0.25) is 4.79 Å². The van der Waals surface area contributed by atoms with Gasteiger partial charge in [-0.1, -0.05) is 48.5 Å². The van der Waals surface area contributed by atoms with Crippen LogP contribution in [0.4, 0.5) is 0 Å². The summed E-state index contributed by atoms with van der Waals surface area (Å²) in [7, 11) is -3.37. The van der Waals surface area contributed by atoms with E-state index in [4.69, 9.17) is 4.42 Å². The molecule has 8 heteroatoms. The lowest BCUT2D eigenvalue weighted by molar-refractivity contribution is 0.0958. The largest absolute Gasteiger partial charge is 0.462 e. The summed E-state index contributed by atoms with van der Waals surface area (Å²) in [6.07, 6.45) is 1.87. The standard InChI is InChI=1S/C23H20N2O4S2/c26-22(24-14-8-16-31(27,28)18-11-5-2-6-12-18)21-20(17-9-3-1-4-10-17)25-23(30-21)19-13-7-15-29-19/h1-7,9-13,15H,8,14,16H2,(H,24,26). The highest BCUT2D eigenvalue weighted by molar-refractivity contribution is 7.91. The zero-order valence-corrected chi connectivity index (χ0v) is 18.2. The average Bonchev–Trinajstić information content (AvgIpc) is 3.48. The molecule has 4 rings (SSSR count). The van der Waals surface area contributed by atoms with Crippen LogP contribution in [0.2, 0.25) is 0 Å². The normalized spacial score (nSPS) is 11.4. The van der Waals surface area contributed by atoms with Crippen LogP contribution in [0.5, 0.6) is 0 Å². The number of carbonyl (C=O) groups is 1. The van der Waals surface area contributed by atoms with Crippen LogP contribution in [0, 0.1) is 0 Å². The van der Waals surface area contributed by atoms with E-state index < -0.39 is 9.84 Å². The topological polar surface area (TPSA) is 89.3 Å². The van der Waals surface area contributed by atoms with Crippen molar-refractivity contribution in [1.82, 2.24) is 10.3 Å². The van der Waals surface area contributed by atoms with Crippen molar-refractivity contribution in [3.63, 3.8) is 0 Å². The second kappa shape index (κ2) is 9.28. The number of aromatic nitrogens is 1. The van der Waals surface area contributed by atoms with Crippen LogP contribution >= 0.6 is 11.3 Å². The van der Waals surface area contributed by atoms with Gasteiger partial charge in [-0.2, -0.15) is 0 Å². The van der Waals surface area contributed by atoms with Crippen LogP contribution in [0.15, 0.2) is 88.4 Å². The van der Waals surface area contributed by atoms with Crippen LogP contribution < -0.4 is 5.32 Å². The van der Waals surface area contributed by atoms with Crippen LogP contribution in [0.1, 0.15) is 16.1 Å². The predicted molar refractivity (Wildman–Crippen MR) is 121 cm³/mol. The van der Waals surface area contributed by atoms with E-state index in [1.165, 1.54) is 11.3 Å². The summed E-state index contributed by atoms with van der Waals surface area (Å²) in [6.45, 7) is 0.243. The Morgan fingerprint density at radius 2 is 1.68 bits per heavy atom. The van der Waals surface area contributed by atoms with E-state index in [0.29, 0.717) is 32.7 Å². The third kappa shape index (κ3) is 4.92. The lowest BCUT2D eigenvalue weighted by Crippen LogP contribution is -2.25. The van der Waals surface area contributed by atoms with E-state index in [0.717, 1.165) is 5.56 Å². The maximum Gasteiger partial charge on any atom is 0.263 e. The SMILES string of the molecule is O=C(NCCCS(=O)(=O)c1ccccc1)c1sc(-c2ccco2)nc1-c1ccccc1. The van der Waals surface area contributed by atoms with Gasteiger partial charge in [0.25, 0.3) is 5.91 Å². The second-order valence-corrected chi connectivity index (χ2v) is 9.89. The minimum absolute atomic E-state index is 0.0385. The van der Waals surface area contributed by atoms with E-state index in [-0.39, 0.29) is 18.2 Å². The number of rotatable bonds is 8. The molecule has 2 heterocycles. The van der Waals surface area contributed by atoms with Gasteiger partial charge in [-0.25, -0.2) is 13.4 Å². The first-order valence-corrected chi connectivity index (χ1v) is 12.2. The minimum Gasteiger partial charge on any atom is -0.462 e. The first-order valence-electron chi connectivity index (χ1n) is 9.71. The zero-order valence-electron chi connectivity index (χ0n) is 16.5. The summed E-state index contributed by atoms with van der Waals surface area (Å²) in [4.78, 5) is 18.3. The van der Waals surface area contributed by atoms with E-state index >= 15 is 0 Å². The number of hydrogen-bond donors (Lipinski definition) is 1. The van der Waals surface area contributed by atoms with Gasteiger partial charge in [-0.05, 0) is 30.7 Å². The highest BCUT2D eigenvalue weighted by Crippen LogP contribution is 2.34. The van der Waals surface area contributed by atoms with Crippen molar-refractivity contribution >= 4 is 27.1 Å². The zero-order chi connectivity index (χ0) is 21.7. The predicted octanol–water partition coefficient (Wildman–Crippen LogP) is 4.66. The van der Waals surface area contributed by atoms with Gasteiger partial charge in [-0.15, -0.1) is 11.3 Å². The summed E-state index contributed by atoms with van der Waals surface area (Å²) in [5.74, 6) is 0.268. The van der Waals surface area contributed by atoms with Crippen molar-refractivity contribution in [2.75, 3.05) is 12.3 Å². The Kier molecular flexibility index (Phi) is 6.29. The summed E-state index contributed by atoms with van der Waals surface area (Å²) < 4.78 is 30.2. The number of nitrogens with one attached hydrogen (secondary N) is 1. The highest BCUT2D eigenvalue weighted by atomic mass is 32.2. The molecular weight excluding hydrogens is 432 g/mol. The van der Waals surface area contributed by atoms with Gasteiger partial charge >= 0.3 is 0 Å². The number of nitrogens with zero attached hydrogens (tertiary/aromatic N) is 1. The van der Waals surface area contributed by atoms with Crippen LogP contribution in [-0.4, -0.2) is 31.6 Å². The molecule has 2 aromatic carbocycles. The molecule has 0 aliphatic rings. The third-order valence-electron chi connectivity index (χ3n) is 4.59. The molecule has 1 N–H and O–H groups in total. The average molecular weight is 453 g/mol. The second-order valence-electron chi connectivity index (χ2n) is 6.78. The molecule has 0 unspecified atom stereocenters. The molecule has 0 saturated heterocycles. The van der Waals surface area contributed by atoms with Crippen molar-refractivity contribution in [3.8, 4) is 22.0 Å². The number of thiazole rings is 1. The molecule has 4 aromatic rings. The maximum absolute atomic E-state index is 12.9. The summed E-state index contributed by atoms with van der Waals surface area (Å²) in [6, 6.07) is 21.3. The molecule has 0 fully saturated rings. The number of sulfone groups is 1.